The summed E-state index contributed by atoms with van der Waals surface area (Å²) in [5.41, 5.74) is 0. The van der Waals surface area contributed by atoms with Gasteiger partial charge in [0.2, 0.25) is 0 Å². The third kappa shape index (κ3) is 3.45. The van der Waals surface area contributed by atoms with Crippen molar-refractivity contribution in [3.8, 4) is 0 Å². The third-order valence-corrected chi connectivity index (χ3v) is 4.41. The molecule has 0 spiro atoms. The summed E-state index contributed by atoms with van der Waals surface area (Å²) in [6, 6.07) is -0.00662. The Balaban J connectivity index is 3.09. The molecule has 0 bridgehead atoms. The molecule has 1 aromatic heterocycles. The van der Waals surface area contributed by atoms with Crippen molar-refractivity contribution in [2.75, 3.05) is 6.54 Å². The van der Waals surface area contributed by atoms with E-state index in [2.05, 4.69) is 21.2 Å². The van der Waals surface area contributed by atoms with Crippen LogP contribution in [0.2, 0.25) is 0 Å². The number of hydrogen-bond acceptors (Lipinski definition) is 2. The Morgan fingerprint density at radius 2 is 2.06 bits per heavy atom. The van der Waals surface area contributed by atoms with Gasteiger partial charge in [0.05, 0.1) is 0 Å². The number of thiophene rings is 1. The fourth-order valence-corrected chi connectivity index (χ4v) is 3.52. The van der Waals surface area contributed by atoms with E-state index in [4.69, 9.17) is 0 Å². The topological polar surface area (TPSA) is 12.0 Å². The Labute approximate surface area is 116 Å². The van der Waals surface area contributed by atoms with Gasteiger partial charge in [-0.05, 0) is 41.9 Å². The van der Waals surface area contributed by atoms with Gasteiger partial charge in [0, 0.05) is 14.2 Å². The molecule has 18 heavy (non-hydrogen) atoms. The van der Waals surface area contributed by atoms with Crippen LogP contribution in [0, 0.1) is 6.92 Å². The molecule has 104 valence electrons. The van der Waals surface area contributed by atoms with Gasteiger partial charge < -0.3 is 5.32 Å². The summed E-state index contributed by atoms with van der Waals surface area (Å²) in [6.45, 7) is 3.80. The molecule has 7 heteroatoms. The average molecular weight is 348 g/mol. The Hall–Kier alpha value is -0.140. The molecule has 0 aliphatic heterocycles. The fraction of sp³-hybridized carbons (Fsp3) is 0.636. The van der Waals surface area contributed by atoms with Crippen molar-refractivity contribution in [3.63, 3.8) is 0 Å². The maximum atomic E-state index is 13.6. The van der Waals surface area contributed by atoms with Gasteiger partial charge >= 0.3 is 12.3 Å². The number of rotatable bonds is 6. The summed E-state index contributed by atoms with van der Waals surface area (Å²) < 4.78 is 52.6. The van der Waals surface area contributed by atoms with Gasteiger partial charge in [-0.25, -0.2) is 8.78 Å². The van der Waals surface area contributed by atoms with Crippen LogP contribution in [-0.2, 0) is 0 Å². The van der Waals surface area contributed by atoms with Gasteiger partial charge in [-0.1, -0.05) is 6.92 Å². The maximum absolute atomic E-state index is 13.6. The molecule has 1 heterocycles. The number of nitrogens with one attached hydrogen (secondary N) is 1. The van der Waals surface area contributed by atoms with E-state index in [1.807, 2.05) is 0 Å². The van der Waals surface area contributed by atoms with E-state index in [1.165, 1.54) is 0 Å². The first-order chi connectivity index (χ1) is 8.30. The number of halogens is 5. The molecular weight excluding hydrogens is 334 g/mol. The first-order valence-electron chi connectivity index (χ1n) is 5.45. The lowest BCUT2D eigenvalue weighted by molar-refractivity contribution is -0.151. The van der Waals surface area contributed by atoms with E-state index >= 15 is 0 Å². The van der Waals surface area contributed by atoms with E-state index in [-0.39, 0.29) is 11.4 Å². The van der Waals surface area contributed by atoms with Crippen LogP contribution in [0.25, 0.3) is 0 Å². The summed E-state index contributed by atoms with van der Waals surface area (Å²) in [7, 11) is 0. The monoisotopic (exact) mass is 347 g/mol. The van der Waals surface area contributed by atoms with Crippen LogP contribution in [0.3, 0.4) is 0 Å². The van der Waals surface area contributed by atoms with Gasteiger partial charge in [0.1, 0.15) is 6.04 Å². The second kappa shape index (κ2) is 6.34. The lowest BCUT2D eigenvalue weighted by Gasteiger charge is -2.26. The average Bonchev–Trinajstić information content (AvgIpc) is 2.58. The van der Waals surface area contributed by atoms with Crippen molar-refractivity contribution in [1.29, 1.82) is 0 Å². The first-order valence-corrected chi connectivity index (χ1v) is 7.06. The molecule has 0 saturated heterocycles. The van der Waals surface area contributed by atoms with Crippen LogP contribution in [0.1, 0.15) is 29.1 Å². The Morgan fingerprint density at radius 3 is 2.44 bits per heavy atom. The van der Waals surface area contributed by atoms with E-state index in [9.17, 15) is 17.6 Å². The lowest BCUT2D eigenvalue weighted by atomic mass is 10.1. The highest BCUT2D eigenvalue weighted by atomic mass is 79.9. The Morgan fingerprint density at radius 1 is 1.44 bits per heavy atom. The zero-order chi connectivity index (χ0) is 13.9. The molecule has 1 atom stereocenters. The molecule has 1 N–H and O–H groups in total. The number of alkyl halides is 4. The predicted molar refractivity (Wildman–Crippen MR) is 68.7 cm³/mol. The minimum absolute atomic E-state index is 0.214. The van der Waals surface area contributed by atoms with E-state index in [1.54, 1.807) is 19.9 Å². The number of aryl methyl sites for hydroxylation is 1. The van der Waals surface area contributed by atoms with Crippen LogP contribution in [0.5, 0.6) is 0 Å². The second-order valence-corrected chi connectivity index (χ2v) is 6.07. The highest BCUT2D eigenvalue weighted by Crippen LogP contribution is 2.42. The van der Waals surface area contributed by atoms with Gasteiger partial charge in [0.15, 0.2) is 0 Å². The van der Waals surface area contributed by atoms with Crippen molar-refractivity contribution in [2.45, 2.75) is 38.7 Å². The minimum Gasteiger partial charge on any atom is -0.304 e. The summed E-state index contributed by atoms with van der Waals surface area (Å²) in [4.78, 5) is 1.01. The van der Waals surface area contributed by atoms with Crippen LogP contribution >= 0.6 is 27.3 Å². The summed E-state index contributed by atoms with van der Waals surface area (Å²) in [6.07, 6.45) is -3.10. The molecule has 1 nitrogen and oxygen atoms in total. The zero-order valence-corrected chi connectivity index (χ0v) is 12.3. The van der Waals surface area contributed by atoms with Gasteiger partial charge in [-0.3, -0.25) is 0 Å². The summed E-state index contributed by atoms with van der Waals surface area (Å²) >= 11 is 4.24. The van der Waals surface area contributed by atoms with Crippen molar-refractivity contribution in [2.24, 2.45) is 0 Å². The normalized spacial score (nSPS) is 14.2. The summed E-state index contributed by atoms with van der Waals surface area (Å²) in [5.74, 6) is -4.09. The molecular formula is C11H14BrF4NS. The van der Waals surface area contributed by atoms with Crippen molar-refractivity contribution in [1.82, 2.24) is 5.32 Å². The van der Waals surface area contributed by atoms with E-state index in [0.717, 1.165) is 16.2 Å². The highest BCUT2D eigenvalue weighted by molar-refractivity contribution is 9.10. The maximum Gasteiger partial charge on any atom is 0.327 e. The third-order valence-electron chi connectivity index (χ3n) is 2.37. The molecule has 0 aromatic carbocycles. The van der Waals surface area contributed by atoms with Gasteiger partial charge in [-0.15, -0.1) is 11.3 Å². The quantitative estimate of drug-likeness (QED) is 0.731. The Kier molecular flexibility index (Phi) is 5.61. The second-order valence-electron chi connectivity index (χ2n) is 3.93. The van der Waals surface area contributed by atoms with Crippen molar-refractivity contribution >= 4 is 27.3 Å². The Bertz CT molecular complexity index is 394. The molecule has 0 aliphatic carbocycles. The standard InChI is InChI=1S/C11H14BrF4NS/c1-3-4-17-9(11(15,16)10(13)14)8-7(12)5-6(2)18-8/h5,9-10,17H,3-4H2,1-2H3. The highest BCUT2D eigenvalue weighted by Gasteiger charge is 2.50. The van der Waals surface area contributed by atoms with Crippen LogP contribution in [0.15, 0.2) is 10.5 Å². The number of hydrogen-bond donors (Lipinski definition) is 1. The molecule has 1 unspecified atom stereocenters. The molecule has 0 saturated carbocycles. The fourth-order valence-electron chi connectivity index (χ4n) is 1.52. The van der Waals surface area contributed by atoms with Crippen LogP contribution in [0.4, 0.5) is 17.6 Å². The molecule has 0 radical (unpaired) electrons. The lowest BCUT2D eigenvalue weighted by Crippen LogP contribution is -2.42. The molecule has 1 rings (SSSR count). The largest absolute Gasteiger partial charge is 0.327 e. The van der Waals surface area contributed by atoms with Gasteiger partial charge in [-0.2, -0.15) is 8.78 Å². The molecule has 0 amide bonds. The molecule has 0 fully saturated rings. The van der Waals surface area contributed by atoms with Crippen molar-refractivity contribution < 1.29 is 17.6 Å². The SMILES string of the molecule is CCCNC(c1sc(C)cc1Br)C(F)(F)C(F)F. The smallest absolute Gasteiger partial charge is 0.304 e. The minimum atomic E-state index is -4.09. The molecule has 0 aliphatic rings. The first kappa shape index (κ1) is 15.9. The van der Waals surface area contributed by atoms with E-state index < -0.39 is 18.4 Å². The van der Waals surface area contributed by atoms with Crippen LogP contribution < -0.4 is 5.32 Å². The molecule has 1 aromatic rings. The van der Waals surface area contributed by atoms with E-state index in [0.29, 0.717) is 10.9 Å². The van der Waals surface area contributed by atoms with Crippen molar-refractivity contribution in [3.05, 3.63) is 20.3 Å². The zero-order valence-electron chi connectivity index (χ0n) is 9.94. The van der Waals surface area contributed by atoms with Gasteiger partial charge in [0.25, 0.3) is 0 Å². The predicted octanol–water partition coefficient (Wildman–Crippen LogP) is 4.76. The van der Waals surface area contributed by atoms with Crippen LogP contribution in [-0.4, -0.2) is 18.9 Å². The summed E-state index contributed by atoms with van der Waals surface area (Å²) in [5, 5.41) is 2.51.